The van der Waals surface area contributed by atoms with Crippen molar-refractivity contribution in [3.05, 3.63) is 34.3 Å². The summed E-state index contributed by atoms with van der Waals surface area (Å²) in [5, 5.41) is 3.34. The third kappa shape index (κ3) is 4.88. The highest BCUT2D eigenvalue weighted by molar-refractivity contribution is 9.10. The van der Waals surface area contributed by atoms with Crippen molar-refractivity contribution in [3.63, 3.8) is 0 Å². The number of halogens is 1. The Kier molecular flexibility index (Phi) is 5.65. The fourth-order valence-corrected chi connectivity index (χ4v) is 1.75. The molecule has 0 unspecified atom stereocenters. The molecule has 0 fully saturated rings. The molecular formula is C13H19BrN2O. The van der Waals surface area contributed by atoms with Crippen LogP contribution in [0.4, 0.5) is 0 Å². The fourth-order valence-electron chi connectivity index (χ4n) is 1.49. The van der Waals surface area contributed by atoms with Crippen LogP contribution in [-0.4, -0.2) is 31.4 Å². The van der Waals surface area contributed by atoms with E-state index in [1.807, 2.05) is 12.1 Å². The number of hydrogen-bond donors (Lipinski definition) is 1. The average Bonchev–Trinajstić information content (AvgIpc) is 2.29. The van der Waals surface area contributed by atoms with Crippen molar-refractivity contribution in [1.29, 1.82) is 0 Å². The molecule has 0 spiro atoms. The van der Waals surface area contributed by atoms with Crippen molar-refractivity contribution in [3.8, 4) is 0 Å². The van der Waals surface area contributed by atoms with Crippen LogP contribution in [0.2, 0.25) is 0 Å². The molecule has 1 aromatic rings. The van der Waals surface area contributed by atoms with Gasteiger partial charge in [-0.1, -0.05) is 28.1 Å². The second-order valence-corrected chi connectivity index (χ2v) is 5.18. The van der Waals surface area contributed by atoms with Gasteiger partial charge in [-0.15, -0.1) is 0 Å². The van der Waals surface area contributed by atoms with Gasteiger partial charge in [-0.05, 0) is 24.6 Å². The maximum Gasteiger partial charge on any atom is 0.223 e. The van der Waals surface area contributed by atoms with Gasteiger partial charge in [0.05, 0.1) is 0 Å². The predicted molar refractivity (Wildman–Crippen MR) is 73.9 cm³/mol. The molecule has 0 bridgehead atoms. The number of carbonyl (C=O) groups excluding carboxylic acids is 1. The Bertz CT molecular complexity index is 362. The molecule has 4 heteroatoms. The number of nitrogens with zero attached hydrogens (tertiary/aromatic N) is 1. The van der Waals surface area contributed by atoms with Gasteiger partial charge in [0.25, 0.3) is 0 Å². The fraction of sp³-hybridized carbons (Fsp3) is 0.462. The van der Waals surface area contributed by atoms with E-state index in [-0.39, 0.29) is 11.9 Å². The minimum atomic E-state index is 0.153. The molecular weight excluding hydrogens is 280 g/mol. The summed E-state index contributed by atoms with van der Waals surface area (Å²) in [6.07, 6.45) is 0.536. The van der Waals surface area contributed by atoms with Crippen LogP contribution in [0.5, 0.6) is 0 Å². The first-order valence-corrected chi connectivity index (χ1v) is 6.49. The molecule has 1 N–H and O–H groups in total. The molecule has 0 aliphatic heterocycles. The first kappa shape index (κ1) is 14.2. The number of amides is 1. The Balaban J connectivity index is 2.37. The molecule has 1 rings (SSSR count). The van der Waals surface area contributed by atoms with Gasteiger partial charge in [-0.3, -0.25) is 4.79 Å². The Labute approximate surface area is 111 Å². The maximum absolute atomic E-state index is 11.4. The van der Waals surface area contributed by atoms with E-state index in [1.54, 1.807) is 19.0 Å². The average molecular weight is 299 g/mol. The summed E-state index contributed by atoms with van der Waals surface area (Å²) in [6, 6.07) is 8.47. The standard InChI is InChI=1S/C13H19BrN2O/c1-10(11-4-6-12(14)7-5-11)15-9-8-13(17)16(2)3/h4-7,10,15H,8-9H2,1-3H3/t10-/m0/s1. The summed E-state index contributed by atoms with van der Waals surface area (Å²) in [5.41, 5.74) is 1.23. The Morgan fingerprint density at radius 2 is 1.94 bits per heavy atom. The van der Waals surface area contributed by atoms with Crippen LogP contribution in [0, 0.1) is 0 Å². The highest BCUT2D eigenvalue weighted by Gasteiger charge is 2.07. The summed E-state index contributed by atoms with van der Waals surface area (Å²) >= 11 is 3.41. The Morgan fingerprint density at radius 1 is 1.35 bits per heavy atom. The molecule has 0 saturated carbocycles. The van der Waals surface area contributed by atoms with E-state index >= 15 is 0 Å². The summed E-state index contributed by atoms with van der Waals surface area (Å²) in [7, 11) is 3.56. The molecule has 0 saturated heterocycles. The van der Waals surface area contributed by atoms with Gasteiger partial charge in [0.15, 0.2) is 0 Å². The van der Waals surface area contributed by atoms with E-state index in [1.165, 1.54) is 5.56 Å². The Hall–Kier alpha value is -0.870. The zero-order valence-electron chi connectivity index (χ0n) is 10.5. The zero-order valence-corrected chi connectivity index (χ0v) is 12.1. The molecule has 0 aliphatic rings. The zero-order chi connectivity index (χ0) is 12.8. The molecule has 0 radical (unpaired) electrons. The first-order chi connectivity index (χ1) is 8.00. The number of rotatable bonds is 5. The van der Waals surface area contributed by atoms with Crippen molar-refractivity contribution >= 4 is 21.8 Å². The number of carbonyl (C=O) groups is 1. The van der Waals surface area contributed by atoms with Gasteiger partial charge in [-0.2, -0.15) is 0 Å². The van der Waals surface area contributed by atoms with Gasteiger partial charge in [0, 0.05) is 37.6 Å². The van der Waals surface area contributed by atoms with Crippen LogP contribution in [0.1, 0.15) is 24.9 Å². The molecule has 94 valence electrons. The van der Waals surface area contributed by atoms with E-state index in [9.17, 15) is 4.79 Å². The van der Waals surface area contributed by atoms with Crippen molar-refractivity contribution in [2.75, 3.05) is 20.6 Å². The van der Waals surface area contributed by atoms with Crippen molar-refractivity contribution in [1.82, 2.24) is 10.2 Å². The van der Waals surface area contributed by atoms with Gasteiger partial charge in [0.2, 0.25) is 5.91 Å². The van der Waals surface area contributed by atoms with E-state index in [2.05, 4.69) is 40.3 Å². The highest BCUT2D eigenvalue weighted by atomic mass is 79.9. The van der Waals surface area contributed by atoms with Crippen LogP contribution in [-0.2, 0) is 4.79 Å². The smallest absolute Gasteiger partial charge is 0.223 e. The summed E-state index contributed by atoms with van der Waals surface area (Å²) in [5.74, 6) is 0.153. The third-order valence-corrected chi connectivity index (χ3v) is 3.19. The molecule has 0 aromatic heterocycles. The lowest BCUT2D eigenvalue weighted by Gasteiger charge is -2.15. The second kappa shape index (κ2) is 6.77. The normalized spacial score (nSPS) is 12.2. The second-order valence-electron chi connectivity index (χ2n) is 4.27. The molecule has 0 heterocycles. The van der Waals surface area contributed by atoms with Crippen LogP contribution in [0.15, 0.2) is 28.7 Å². The topological polar surface area (TPSA) is 32.3 Å². The molecule has 1 atom stereocenters. The van der Waals surface area contributed by atoms with Gasteiger partial charge < -0.3 is 10.2 Å². The van der Waals surface area contributed by atoms with Gasteiger partial charge >= 0.3 is 0 Å². The van der Waals surface area contributed by atoms with Crippen molar-refractivity contribution < 1.29 is 4.79 Å². The van der Waals surface area contributed by atoms with Gasteiger partial charge in [-0.25, -0.2) is 0 Å². The predicted octanol–water partition coefficient (Wildman–Crippen LogP) is 2.58. The third-order valence-electron chi connectivity index (χ3n) is 2.66. The molecule has 1 aromatic carbocycles. The minimum absolute atomic E-state index is 0.153. The van der Waals surface area contributed by atoms with Crippen LogP contribution in [0.25, 0.3) is 0 Å². The first-order valence-electron chi connectivity index (χ1n) is 5.69. The quantitative estimate of drug-likeness (QED) is 0.906. The van der Waals surface area contributed by atoms with E-state index < -0.39 is 0 Å². The van der Waals surface area contributed by atoms with Crippen LogP contribution < -0.4 is 5.32 Å². The summed E-state index contributed by atoms with van der Waals surface area (Å²) in [4.78, 5) is 13.0. The molecule has 3 nitrogen and oxygen atoms in total. The lowest BCUT2D eigenvalue weighted by atomic mass is 10.1. The SMILES string of the molecule is C[C@H](NCCC(=O)N(C)C)c1ccc(Br)cc1. The number of benzene rings is 1. The molecule has 0 aliphatic carbocycles. The van der Waals surface area contributed by atoms with E-state index in [0.717, 1.165) is 4.47 Å². The number of hydrogen-bond acceptors (Lipinski definition) is 2. The van der Waals surface area contributed by atoms with E-state index in [0.29, 0.717) is 13.0 Å². The highest BCUT2D eigenvalue weighted by Crippen LogP contribution is 2.16. The Morgan fingerprint density at radius 3 is 2.47 bits per heavy atom. The van der Waals surface area contributed by atoms with Crippen LogP contribution in [0.3, 0.4) is 0 Å². The lowest BCUT2D eigenvalue weighted by Crippen LogP contribution is -2.28. The van der Waals surface area contributed by atoms with E-state index in [4.69, 9.17) is 0 Å². The maximum atomic E-state index is 11.4. The van der Waals surface area contributed by atoms with Crippen molar-refractivity contribution in [2.45, 2.75) is 19.4 Å². The molecule has 17 heavy (non-hydrogen) atoms. The van der Waals surface area contributed by atoms with Crippen LogP contribution >= 0.6 is 15.9 Å². The monoisotopic (exact) mass is 298 g/mol. The largest absolute Gasteiger partial charge is 0.349 e. The minimum Gasteiger partial charge on any atom is -0.349 e. The number of nitrogens with one attached hydrogen (secondary N) is 1. The summed E-state index contributed by atoms with van der Waals surface area (Å²) in [6.45, 7) is 2.80. The summed E-state index contributed by atoms with van der Waals surface area (Å²) < 4.78 is 1.08. The molecule has 1 amide bonds. The lowest BCUT2D eigenvalue weighted by molar-refractivity contribution is -0.128. The van der Waals surface area contributed by atoms with Gasteiger partial charge in [0.1, 0.15) is 0 Å². The van der Waals surface area contributed by atoms with Crippen molar-refractivity contribution in [2.24, 2.45) is 0 Å².